The molecule has 0 aliphatic rings. The molecule has 7 nitrogen and oxygen atoms in total. The molecule has 31 heavy (non-hydrogen) atoms. The molecule has 0 aliphatic heterocycles. The Hall–Kier alpha value is -2.63. The van der Waals surface area contributed by atoms with E-state index in [1.165, 1.54) is 17.0 Å². The van der Waals surface area contributed by atoms with E-state index in [9.17, 15) is 31.2 Å². The third-order valence-corrected chi connectivity index (χ3v) is 6.25. The van der Waals surface area contributed by atoms with Crippen LogP contribution in [-0.2, 0) is 21.0 Å². The normalized spacial score (nSPS) is 12.0. The minimum atomic E-state index is -4.84. The van der Waals surface area contributed by atoms with Crippen LogP contribution in [-0.4, -0.2) is 57.1 Å². The van der Waals surface area contributed by atoms with Crippen molar-refractivity contribution in [3.63, 3.8) is 0 Å². The second kappa shape index (κ2) is 9.25. The zero-order chi connectivity index (χ0) is 23.6. The van der Waals surface area contributed by atoms with Crippen LogP contribution in [0.25, 0.3) is 0 Å². The molecule has 1 N–H and O–H groups in total. The van der Waals surface area contributed by atoms with E-state index in [0.29, 0.717) is 15.9 Å². The van der Waals surface area contributed by atoms with E-state index < -0.39 is 44.1 Å². The molecule has 0 unspecified atom stereocenters. The van der Waals surface area contributed by atoms with Gasteiger partial charge in [0.15, 0.2) is 0 Å². The van der Waals surface area contributed by atoms with E-state index >= 15 is 0 Å². The first-order valence-electron chi connectivity index (χ1n) is 8.68. The third kappa shape index (κ3) is 5.96. The van der Waals surface area contributed by atoms with Crippen molar-refractivity contribution in [2.45, 2.75) is 11.1 Å². The molecule has 168 valence electrons. The first-order valence-corrected chi connectivity index (χ1v) is 10.5. The second-order valence-electron chi connectivity index (χ2n) is 6.73. The highest BCUT2D eigenvalue weighted by atomic mass is 35.5. The number of carbonyl (C=O) groups is 2. The van der Waals surface area contributed by atoms with Crippen LogP contribution in [0.15, 0.2) is 47.4 Å². The molecule has 0 bridgehead atoms. The van der Waals surface area contributed by atoms with Gasteiger partial charge >= 0.3 is 6.18 Å². The number of sulfonamides is 1. The number of anilines is 1. The van der Waals surface area contributed by atoms with Crippen LogP contribution in [0.1, 0.15) is 15.9 Å². The average Bonchev–Trinajstić information content (AvgIpc) is 2.66. The molecule has 2 aromatic rings. The average molecular weight is 478 g/mol. The van der Waals surface area contributed by atoms with Gasteiger partial charge in [-0.15, -0.1) is 0 Å². The standard InChI is InChI=1S/C19H19ClF3N3O4S/c1-25(2)18(28)12-5-4-6-13(9-12)24-17(27)11-26(3)31(29,30)14-7-8-16(20)15(10-14)19(21,22)23/h4-10H,11H2,1-3H3,(H,24,27). The Kier molecular flexibility index (Phi) is 7.35. The molecular weight excluding hydrogens is 459 g/mol. The van der Waals surface area contributed by atoms with Crippen molar-refractivity contribution in [1.82, 2.24) is 9.21 Å². The fourth-order valence-electron chi connectivity index (χ4n) is 2.54. The second-order valence-corrected chi connectivity index (χ2v) is 9.18. The Morgan fingerprint density at radius 1 is 1.06 bits per heavy atom. The predicted octanol–water partition coefficient (Wildman–Crippen LogP) is 3.32. The number of benzene rings is 2. The predicted molar refractivity (Wildman–Crippen MR) is 109 cm³/mol. The van der Waals surface area contributed by atoms with Crippen molar-refractivity contribution in [2.75, 3.05) is 33.0 Å². The van der Waals surface area contributed by atoms with Crippen LogP contribution < -0.4 is 5.32 Å². The minimum Gasteiger partial charge on any atom is -0.345 e. The SMILES string of the molecule is CN(C)C(=O)c1cccc(NC(=O)CN(C)S(=O)(=O)c2ccc(Cl)c(C(F)(F)F)c2)c1. The molecule has 0 saturated heterocycles. The summed E-state index contributed by atoms with van der Waals surface area (Å²) in [5.41, 5.74) is -0.727. The van der Waals surface area contributed by atoms with Gasteiger partial charge in [-0.2, -0.15) is 17.5 Å². The van der Waals surface area contributed by atoms with Crippen molar-refractivity contribution >= 4 is 39.1 Å². The fourth-order valence-corrected chi connectivity index (χ4v) is 3.92. The van der Waals surface area contributed by atoms with Gasteiger partial charge in [0.2, 0.25) is 15.9 Å². The van der Waals surface area contributed by atoms with Gasteiger partial charge in [-0.05, 0) is 36.4 Å². The van der Waals surface area contributed by atoms with Crippen LogP contribution in [0.2, 0.25) is 5.02 Å². The summed E-state index contributed by atoms with van der Waals surface area (Å²) >= 11 is 5.52. The molecule has 0 fully saturated rings. The van der Waals surface area contributed by atoms with E-state index in [1.807, 2.05) is 0 Å². The largest absolute Gasteiger partial charge is 0.417 e. The monoisotopic (exact) mass is 477 g/mol. The Bertz CT molecular complexity index is 1100. The van der Waals surface area contributed by atoms with Crippen molar-refractivity contribution in [1.29, 1.82) is 0 Å². The highest BCUT2D eigenvalue weighted by Crippen LogP contribution is 2.36. The molecule has 0 aromatic heterocycles. The Morgan fingerprint density at radius 2 is 1.71 bits per heavy atom. The number of rotatable bonds is 6. The maximum Gasteiger partial charge on any atom is 0.417 e. The molecule has 0 heterocycles. The molecule has 0 radical (unpaired) electrons. The van der Waals surface area contributed by atoms with Gasteiger partial charge in [0.25, 0.3) is 5.91 Å². The Morgan fingerprint density at radius 3 is 2.29 bits per heavy atom. The molecule has 0 atom stereocenters. The highest BCUT2D eigenvalue weighted by Gasteiger charge is 2.35. The summed E-state index contributed by atoms with van der Waals surface area (Å²) in [7, 11) is -0.220. The lowest BCUT2D eigenvalue weighted by Gasteiger charge is -2.18. The summed E-state index contributed by atoms with van der Waals surface area (Å²) in [6.07, 6.45) is -4.84. The zero-order valence-corrected chi connectivity index (χ0v) is 18.3. The van der Waals surface area contributed by atoms with E-state index in [0.717, 1.165) is 19.2 Å². The van der Waals surface area contributed by atoms with Crippen molar-refractivity contribution in [3.8, 4) is 0 Å². The molecule has 12 heteroatoms. The van der Waals surface area contributed by atoms with Gasteiger partial charge in [-0.1, -0.05) is 17.7 Å². The molecule has 2 aromatic carbocycles. The van der Waals surface area contributed by atoms with E-state index in [-0.39, 0.29) is 11.6 Å². The summed E-state index contributed by atoms with van der Waals surface area (Å²) in [6.45, 7) is -0.668. The van der Waals surface area contributed by atoms with Gasteiger partial charge in [0, 0.05) is 32.4 Å². The lowest BCUT2D eigenvalue weighted by atomic mass is 10.2. The lowest BCUT2D eigenvalue weighted by Crippen LogP contribution is -2.35. The van der Waals surface area contributed by atoms with E-state index in [2.05, 4.69) is 5.32 Å². The number of alkyl halides is 3. The quantitative estimate of drug-likeness (QED) is 0.691. The molecule has 2 amide bonds. The van der Waals surface area contributed by atoms with Crippen LogP contribution in [0.3, 0.4) is 0 Å². The topological polar surface area (TPSA) is 86.8 Å². The molecule has 0 spiro atoms. The molecular formula is C19H19ClF3N3O4S. The maximum atomic E-state index is 13.0. The molecule has 2 rings (SSSR count). The third-order valence-electron chi connectivity index (χ3n) is 4.12. The van der Waals surface area contributed by atoms with Gasteiger partial charge in [0.05, 0.1) is 22.0 Å². The number of carbonyl (C=O) groups excluding carboxylic acids is 2. The summed E-state index contributed by atoms with van der Waals surface area (Å²) in [6, 6.07) is 8.20. The van der Waals surface area contributed by atoms with Crippen LogP contribution in [0, 0.1) is 0 Å². The van der Waals surface area contributed by atoms with Crippen molar-refractivity contribution in [3.05, 3.63) is 58.6 Å². The maximum absolute atomic E-state index is 13.0. The van der Waals surface area contributed by atoms with Crippen LogP contribution in [0.4, 0.5) is 18.9 Å². The van der Waals surface area contributed by atoms with Crippen molar-refractivity contribution < 1.29 is 31.2 Å². The number of amides is 2. The number of halogens is 4. The zero-order valence-electron chi connectivity index (χ0n) is 16.7. The fraction of sp³-hybridized carbons (Fsp3) is 0.263. The summed E-state index contributed by atoms with van der Waals surface area (Å²) in [4.78, 5) is 25.0. The number of nitrogens with zero attached hydrogens (tertiary/aromatic N) is 2. The Balaban J connectivity index is 2.18. The molecule has 0 saturated carbocycles. The number of nitrogens with one attached hydrogen (secondary N) is 1. The van der Waals surface area contributed by atoms with Gasteiger partial charge in [-0.3, -0.25) is 9.59 Å². The number of hydrogen-bond acceptors (Lipinski definition) is 4. The van der Waals surface area contributed by atoms with Gasteiger partial charge in [0.1, 0.15) is 0 Å². The summed E-state index contributed by atoms with van der Waals surface area (Å²) in [5, 5.41) is 1.82. The Labute approximate surface area is 182 Å². The van der Waals surface area contributed by atoms with Crippen LogP contribution in [0.5, 0.6) is 0 Å². The highest BCUT2D eigenvalue weighted by molar-refractivity contribution is 7.89. The number of likely N-dealkylation sites (N-methyl/N-ethyl adjacent to an activating group) is 1. The van der Waals surface area contributed by atoms with E-state index in [4.69, 9.17) is 11.6 Å². The first-order chi connectivity index (χ1) is 14.2. The summed E-state index contributed by atoms with van der Waals surface area (Å²) < 4.78 is 64.9. The minimum absolute atomic E-state index is 0.259. The number of hydrogen-bond donors (Lipinski definition) is 1. The van der Waals surface area contributed by atoms with Gasteiger partial charge in [-0.25, -0.2) is 8.42 Å². The van der Waals surface area contributed by atoms with Crippen LogP contribution >= 0.6 is 11.6 Å². The smallest absolute Gasteiger partial charge is 0.345 e. The summed E-state index contributed by atoms with van der Waals surface area (Å²) in [5.74, 6) is -1.04. The molecule has 0 aliphatic carbocycles. The van der Waals surface area contributed by atoms with Crippen molar-refractivity contribution in [2.24, 2.45) is 0 Å². The van der Waals surface area contributed by atoms with E-state index in [1.54, 1.807) is 26.2 Å². The van der Waals surface area contributed by atoms with Gasteiger partial charge < -0.3 is 10.2 Å². The first kappa shape index (κ1) is 24.6. The lowest BCUT2D eigenvalue weighted by molar-refractivity contribution is -0.137.